The first-order chi connectivity index (χ1) is 17.4. The van der Waals surface area contributed by atoms with E-state index in [2.05, 4.69) is 17.2 Å². The second-order valence-corrected chi connectivity index (χ2v) is 8.07. The molecule has 0 saturated heterocycles. The van der Waals surface area contributed by atoms with Gasteiger partial charge in [0.25, 0.3) is 11.5 Å². The summed E-state index contributed by atoms with van der Waals surface area (Å²) < 4.78 is 1.51. The Labute approximate surface area is 212 Å². The highest BCUT2D eigenvalue weighted by Gasteiger charge is 2.24. The molecule has 0 spiro atoms. The number of hydrogen-bond acceptors (Lipinski definition) is 4. The molecule has 1 atom stereocenters. The van der Waals surface area contributed by atoms with Crippen LogP contribution in [0.15, 0.2) is 96.1 Å². The smallest absolute Gasteiger partial charge is 0.326 e. The van der Waals surface area contributed by atoms with E-state index >= 15 is 0 Å². The molecule has 0 aliphatic rings. The molecule has 0 radical (unpaired) electrons. The molecule has 3 aromatic rings. The molecule has 3 rings (SSSR count). The van der Waals surface area contributed by atoms with Crippen molar-refractivity contribution in [1.82, 2.24) is 15.2 Å². The first-order valence-corrected chi connectivity index (χ1v) is 12.1. The highest BCUT2D eigenvalue weighted by Crippen LogP contribution is 2.25. The molecule has 0 bridgehead atoms. The molecule has 7 nitrogen and oxygen atoms in total. The summed E-state index contributed by atoms with van der Waals surface area (Å²) in [4.78, 5) is 38.1. The Morgan fingerprint density at radius 1 is 0.944 bits per heavy atom. The summed E-state index contributed by atoms with van der Waals surface area (Å²) in [6.45, 7) is 10.1. The van der Waals surface area contributed by atoms with Gasteiger partial charge in [-0.1, -0.05) is 81.1 Å². The average molecular weight is 490 g/mol. The lowest BCUT2D eigenvalue weighted by Gasteiger charge is -2.22. The molecular formula is C29H35N3O4. The van der Waals surface area contributed by atoms with Gasteiger partial charge in [-0.3, -0.25) is 9.59 Å². The number of amides is 1. The second kappa shape index (κ2) is 14.3. The Balaban J connectivity index is 0.00000222. The number of benzene rings is 2. The quantitative estimate of drug-likeness (QED) is 0.342. The summed E-state index contributed by atoms with van der Waals surface area (Å²) in [5.41, 5.74) is 1.96. The maximum Gasteiger partial charge on any atom is 0.326 e. The molecule has 0 aliphatic heterocycles. The molecule has 1 unspecified atom stereocenters. The van der Waals surface area contributed by atoms with Crippen LogP contribution >= 0.6 is 0 Å². The van der Waals surface area contributed by atoms with Crippen molar-refractivity contribution in [3.63, 3.8) is 0 Å². The van der Waals surface area contributed by atoms with E-state index in [0.29, 0.717) is 13.0 Å². The normalized spacial score (nSPS) is 11.1. The van der Waals surface area contributed by atoms with E-state index in [9.17, 15) is 19.5 Å². The predicted octanol–water partition coefficient (Wildman–Crippen LogP) is 4.60. The van der Waals surface area contributed by atoms with Crippen molar-refractivity contribution in [2.24, 2.45) is 0 Å². The van der Waals surface area contributed by atoms with Crippen LogP contribution < -0.4 is 16.2 Å². The number of carboxylic acids is 1. The maximum atomic E-state index is 13.4. The summed E-state index contributed by atoms with van der Waals surface area (Å²) in [6.07, 6.45) is 2.38. The Bertz CT molecular complexity index is 1150. The minimum absolute atomic E-state index is 0.106. The first-order valence-electron chi connectivity index (χ1n) is 12.1. The van der Waals surface area contributed by atoms with Crippen LogP contribution in [0.3, 0.4) is 0 Å². The van der Waals surface area contributed by atoms with Crippen molar-refractivity contribution in [2.75, 3.05) is 6.54 Å². The summed E-state index contributed by atoms with van der Waals surface area (Å²) in [6, 6.07) is 20.6. The molecule has 7 heteroatoms. The van der Waals surface area contributed by atoms with Gasteiger partial charge in [0, 0.05) is 18.4 Å². The van der Waals surface area contributed by atoms with Gasteiger partial charge in [0.1, 0.15) is 11.6 Å². The van der Waals surface area contributed by atoms with E-state index in [-0.39, 0.29) is 12.0 Å². The van der Waals surface area contributed by atoms with Gasteiger partial charge in [-0.15, -0.1) is 0 Å². The van der Waals surface area contributed by atoms with E-state index in [1.807, 2.05) is 81.4 Å². The number of carbonyl (C=O) groups is 2. The minimum atomic E-state index is -1.15. The number of nitrogens with one attached hydrogen (secondary N) is 2. The predicted molar refractivity (Wildman–Crippen MR) is 143 cm³/mol. The number of carbonyl (C=O) groups excluding carboxylic acids is 1. The zero-order valence-corrected chi connectivity index (χ0v) is 21.1. The number of pyridine rings is 1. The second-order valence-electron chi connectivity index (χ2n) is 8.07. The molecule has 36 heavy (non-hydrogen) atoms. The molecule has 0 saturated carbocycles. The SMILES string of the molecule is C=C(C)NCCCC(NC(=O)c1cccn(C(c2ccccc2)c2ccccc2)c1=O)C(=O)O.CC. The van der Waals surface area contributed by atoms with Crippen molar-refractivity contribution in [1.29, 1.82) is 0 Å². The van der Waals surface area contributed by atoms with Crippen LogP contribution in [0.2, 0.25) is 0 Å². The van der Waals surface area contributed by atoms with Crippen LogP contribution in [0.5, 0.6) is 0 Å². The summed E-state index contributed by atoms with van der Waals surface area (Å²) in [5, 5.41) is 15.1. The lowest BCUT2D eigenvalue weighted by molar-refractivity contribution is -0.139. The number of nitrogens with zero attached hydrogens (tertiary/aromatic N) is 1. The average Bonchev–Trinajstić information content (AvgIpc) is 2.89. The standard InChI is InChI=1S/C27H29N3O4.C2H6/c1-19(2)28-17-9-16-23(27(33)34)29-25(31)22-15-10-18-30(26(22)32)24(20-11-5-3-6-12-20)21-13-7-4-8-14-21;1-2/h3-8,10-15,18,23-24,28H,1,9,16-17H2,2H3,(H,29,31)(H,33,34);1-2H3. The lowest BCUT2D eigenvalue weighted by Crippen LogP contribution is -2.43. The van der Waals surface area contributed by atoms with Gasteiger partial charge >= 0.3 is 5.97 Å². The lowest BCUT2D eigenvalue weighted by atomic mass is 9.98. The van der Waals surface area contributed by atoms with Gasteiger partial charge in [-0.25, -0.2) is 4.79 Å². The molecule has 1 heterocycles. The molecule has 2 aromatic carbocycles. The van der Waals surface area contributed by atoms with Crippen LogP contribution in [0.25, 0.3) is 0 Å². The fourth-order valence-electron chi connectivity index (χ4n) is 3.77. The highest BCUT2D eigenvalue weighted by molar-refractivity contribution is 5.96. The largest absolute Gasteiger partial charge is 0.480 e. The molecule has 1 aromatic heterocycles. The monoisotopic (exact) mass is 489 g/mol. The first kappa shape index (κ1) is 28.1. The molecular weight excluding hydrogens is 454 g/mol. The van der Waals surface area contributed by atoms with Crippen LogP contribution in [-0.4, -0.2) is 34.1 Å². The van der Waals surface area contributed by atoms with E-state index in [4.69, 9.17) is 0 Å². The topological polar surface area (TPSA) is 100 Å². The zero-order valence-electron chi connectivity index (χ0n) is 21.1. The summed E-state index contributed by atoms with van der Waals surface area (Å²) >= 11 is 0. The third-order valence-corrected chi connectivity index (χ3v) is 5.43. The Morgan fingerprint density at radius 2 is 1.50 bits per heavy atom. The molecule has 0 aliphatic carbocycles. The Morgan fingerprint density at radius 3 is 2.00 bits per heavy atom. The number of aromatic nitrogens is 1. The van der Waals surface area contributed by atoms with Crippen molar-refractivity contribution < 1.29 is 14.7 Å². The molecule has 0 fully saturated rings. The summed E-state index contributed by atoms with van der Waals surface area (Å²) in [5.74, 6) is -1.86. The van der Waals surface area contributed by atoms with Crippen LogP contribution in [0, 0.1) is 0 Å². The summed E-state index contributed by atoms with van der Waals surface area (Å²) in [7, 11) is 0. The van der Waals surface area contributed by atoms with E-state index in [0.717, 1.165) is 16.8 Å². The fraction of sp³-hybridized carbons (Fsp3) is 0.276. The number of hydrogen-bond donors (Lipinski definition) is 3. The van der Waals surface area contributed by atoms with Crippen LogP contribution in [0.4, 0.5) is 0 Å². The van der Waals surface area contributed by atoms with Gasteiger partial charge in [0.05, 0.1) is 6.04 Å². The van der Waals surface area contributed by atoms with Crippen molar-refractivity contribution in [2.45, 2.75) is 45.7 Å². The molecule has 190 valence electrons. The number of aliphatic carboxylic acids is 1. The van der Waals surface area contributed by atoms with Crippen molar-refractivity contribution in [3.05, 3.63) is 118 Å². The zero-order chi connectivity index (χ0) is 26.5. The number of rotatable bonds is 11. The third-order valence-electron chi connectivity index (χ3n) is 5.43. The van der Waals surface area contributed by atoms with Crippen molar-refractivity contribution >= 4 is 11.9 Å². The van der Waals surface area contributed by atoms with Crippen molar-refractivity contribution in [3.8, 4) is 0 Å². The van der Waals surface area contributed by atoms with Gasteiger partial charge in [0.15, 0.2) is 0 Å². The number of allylic oxidation sites excluding steroid dienone is 1. The van der Waals surface area contributed by atoms with Crippen LogP contribution in [0.1, 0.15) is 61.1 Å². The molecule has 1 amide bonds. The van der Waals surface area contributed by atoms with E-state index in [1.165, 1.54) is 10.6 Å². The number of carboxylic acid groups (broad SMARTS) is 1. The van der Waals surface area contributed by atoms with Gasteiger partial charge < -0.3 is 20.3 Å². The minimum Gasteiger partial charge on any atom is -0.480 e. The molecule has 3 N–H and O–H groups in total. The maximum absolute atomic E-state index is 13.4. The Kier molecular flexibility index (Phi) is 11.2. The highest BCUT2D eigenvalue weighted by atomic mass is 16.4. The van der Waals surface area contributed by atoms with Crippen LogP contribution in [-0.2, 0) is 4.79 Å². The van der Waals surface area contributed by atoms with Gasteiger partial charge in [-0.2, -0.15) is 0 Å². The van der Waals surface area contributed by atoms with Gasteiger partial charge in [0.2, 0.25) is 0 Å². The third kappa shape index (κ3) is 7.70. The van der Waals surface area contributed by atoms with E-state index < -0.39 is 29.5 Å². The van der Waals surface area contributed by atoms with Gasteiger partial charge in [-0.05, 0) is 43.0 Å². The fourth-order valence-corrected chi connectivity index (χ4v) is 3.77. The Hall–Kier alpha value is -4.13. The van der Waals surface area contributed by atoms with E-state index in [1.54, 1.807) is 12.3 Å².